The van der Waals surface area contributed by atoms with Crippen molar-refractivity contribution in [2.24, 2.45) is 0 Å². The van der Waals surface area contributed by atoms with E-state index in [-0.39, 0.29) is 23.9 Å². The highest BCUT2D eigenvalue weighted by Crippen LogP contribution is 2.07. The Labute approximate surface area is 125 Å². The van der Waals surface area contributed by atoms with Gasteiger partial charge < -0.3 is 14.9 Å². The van der Waals surface area contributed by atoms with Crippen LogP contribution in [0.25, 0.3) is 0 Å². The van der Waals surface area contributed by atoms with E-state index in [4.69, 9.17) is 4.74 Å². The molecule has 0 aliphatic carbocycles. The first kappa shape index (κ1) is 19.2. The van der Waals surface area contributed by atoms with Crippen LogP contribution < -0.4 is 5.32 Å². The summed E-state index contributed by atoms with van der Waals surface area (Å²) in [5.74, 6) is -1.54. The van der Waals surface area contributed by atoms with Gasteiger partial charge in [-0.25, -0.2) is 4.79 Å². The Morgan fingerprint density at radius 1 is 1.33 bits per heavy atom. The summed E-state index contributed by atoms with van der Waals surface area (Å²) in [4.78, 5) is 48.9. The lowest BCUT2D eigenvalue weighted by Gasteiger charge is -2.19. The monoisotopic (exact) mass is 322 g/mol. The maximum absolute atomic E-state index is 11.8. The van der Waals surface area contributed by atoms with Crippen LogP contribution in [0.15, 0.2) is 0 Å². The Kier molecular flexibility index (Phi) is 9.10. The standard InChI is InChI=1S/C11H18N2O7S/c1-4-9(20-13(17)18)10(15)12-8(6-21-7(3)14)11(16)19-5-2/h8-9H,4-6H2,1-3H3,(H,12,15). The number of hydrogen-bond donors (Lipinski definition) is 1. The first-order valence-corrected chi connectivity index (χ1v) is 7.21. The number of rotatable bonds is 9. The average molecular weight is 322 g/mol. The number of esters is 1. The van der Waals surface area contributed by atoms with Crippen molar-refractivity contribution in [1.82, 2.24) is 5.32 Å². The number of amides is 1. The summed E-state index contributed by atoms with van der Waals surface area (Å²) in [5, 5.41) is 11.3. The van der Waals surface area contributed by atoms with Crippen LogP contribution in [0.2, 0.25) is 0 Å². The number of ether oxygens (including phenoxy) is 1. The van der Waals surface area contributed by atoms with Crippen molar-refractivity contribution in [2.45, 2.75) is 39.3 Å². The molecule has 2 unspecified atom stereocenters. The second-order valence-electron chi connectivity index (χ2n) is 3.84. The van der Waals surface area contributed by atoms with E-state index in [1.807, 2.05) is 0 Å². The van der Waals surface area contributed by atoms with Gasteiger partial charge in [0.15, 0.2) is 11.2 Å². The largest absolute Gasteiger partial charge is 0.464 e. The molecule has 0 saturated heterocycles. The molecule has 0 fully saturated rings. The van der Waals surface area contributed by atoms with Gasteiger partial charge in [0.05, 0.1) is 6.61 Å². The van der Waals surface area contributed by atoms with Crippen LogP contribution in [0.4, 0.5) is 0 Å². The Morgan fingerprint density at radius 2 is 1.95 bits per heavy atom. The maximum Gasteiger partial charge on any atom is 0.329 e. The smallest absolute Gasteiger partial charge is 0.329 e. The van der Waals surface area contributed by atoms with E-state index in [0.29, 0.717) is 0 Å². The van der Waals surface area contributed by atoms with Gasteiger partial charge >= 0.3 is 5.97 Å². The summed E-state index contributed by atoms with van der Waals surface area (Å²) in [6.07, 6.45) is -1.26. The molecule has 0 radical (unpaired) electrons. The summed E-state index contributed by atoms with van der Waals surface area (Å²) >= 11 is 0.840. The van der Waals surface area contributed by atoms with Crippen molar-refractivity contribution in [2.75, 3.05) is 12.4 Å². The van der Waals surface area contributed by atoms with Gasteiger partial charge in [0, 0.05) is 12.7 Å². The quantitative estimate of drug-likeness (QED) is 0.365. The highest BCUT2D eigenvalue weighted by Gasteiger charge is 2.28. The number of carbonyl (C=O) groups excluding carboxylic acids is 3. The minimum absolute atomic E-state index is 0.0190. The first-order chi connectivity index (χ1) is 9.81. The first-order valence-electron chi connectivity index (χ1n) is 6.23. The molecule has 2 atom stereocenters. The molecule has 0 bridgehead atoms. The van der Waals surface area contributed by atoms with Crippen LogP contribution in [0.5, 0.6) is 0 Å². The molecule has 9 nitrogen and oxygen atoms in total. The van der Waals surface area contributed by atoms with Crippen LogP contribution in [-0.4, -0.2) is 46.6 Å². The number of hydrogen-bond acceptors (Lipinski definition) is 8. The number of carbonyl (C=O) groups is 3. The topological polar surface area (TPSA) is 125 Å². The van der Waals surface area contributed by atoms with E-state index >= 15 is 0 Å². The third kappa shape index (κ3) is 8.12. The summed E-state index contributed by atoms with van der Waals surface area (Å²) in [7, 11) is 0. The molecule has 0 spiro atoms. The highest BCUT2D eigenvalue weighted by molar-refractivity contribution is 8.13. The zero-order valence-electron chi connectivity index (χ0n) is 12.0. The zero-order valence-corrected chi connectivity index (χ0v) is 12.8. The molecule has 0 saturated carbocycles. The summed E-state index contributed by atoms with van der Waals surface area (Å²) in [5.41, 5.74) is 0. The van der Waals surface area contributed by atoms with Gasteiger partial charge in [0.1, 0.15) is 6.04 Å². The van der Waals surface area contributed by atoms with Crippen molar-refractivity contribution in [3.05, 3.63) is 10.1 Å². The lowest BCUT2D eigenvalue weighted by atomic mass is 10.2. The predicted molar refractivity (Wildman–Crippen MR) is 73.9 cm³/mol. The average Bonchev–Trinajstić information content (AvgIpc) is 2.40. The third-order valence-corrected chi connectivity index (χ3v) is 3.12. The molecule has 0 aromatic heterocycles. The van der Waals surface area contributed by atoms with Crippen LogP contribution in [0.3, 0.4) is 0 Å². The molecule has 21 heavy (non-hydrogen) atoms. The molecule has 1 N–H and O–H groups in total. The fraction of sp³-hybridized carbons (Fsp3) is 0.727. The number of thioether (sulfide) groups is 1. The second kappa shape index (κ2) is 9.97. The molecule has 120 valence electrons. The van der Waals surface area contributed by atoms with Crippen molar-refractivity contribution in [3.63, 3.8) is 0 Å². The third-order valence-electron chi connectivity index (χ3n) is 2.22. The van der Waals surface area contributed by atoms with Crippen LogP contribution in [-0.2, 0) is 24.0 Å². The lowest BCUT2D eigenvalue weighted by Crippen LogP contribution is -2.48. The van der Waals surface area contributed by atoms with E-state index < -0.39 is 29.1 Å². The van der Waals surface area contributed by atoms with E-state index in [1.54, 1.807) is 6.92 Å². The minimum atomic E-state index is -1.32. The summed E-state index contributed by atoms with van der Waals surface area (Å²) in [6, 6.07) is -1.07. The van der Waals surface area contributed by atoms with Gasteiger partial charge in [-0.3, -0.25) is 9.59 Å². The zero-order chi connectivity index (χ0) is 16.4. The number of nitrogens with one attached hydrogen (secondary N) is 1. The predicted octanol–water partition coefficient (Wildman–Crippen LogP) is 0.301. The van der Waals surface area contributed by atoms with Crippen LogP contribution in [0, 0.1) is 10.1 Å². The van der Waals surface area contributed by atoms with Crippen LogP contribution >= 0.6 is 11.8 Å². The van der Waals surface area contributed by atoms with E-state index in [0.717, 1.165) is 11.8 Å². The van der Waals surface area contributed by atoms with Gasteiger partial charge in [-0.2, -0.15) is 0 Å². The molecular weight excluding hydrogens is 304 g/mol. The molecule has 0 aromatic carbocycles. The Morgan fingerprint density at radius 3 is 2.38 bits per heavy atom. The lowest BCUT2D eigenvalue weighted by molar-refractivity contribution is -0.764. The highest BCUT2D eigenvalue weighted by atomic mass is 32.2. The molecule has 0 aliphatic rings. The Hall–Kier alpha value is -1.84. The van der Waals surface area contributed by atoms with Gasteiger partial charge in [-0.05, 0) is 13.3 Å². The second-order valence-corrected chi connectivity index (χ2v) is 5.04. The summed E-state index contributed by atoms with van der Waals surface area (Å²) in [6.45, 7) is 4.55. The van der Waals surface area contributed by atoms with Gasteiger partial charge in [-0.15, -0.1) is 10.1 Å². The van der Waals surface area contributed by atoms with E-state index in [2.05, 4.69) is 10.2 Å². The molecule has 1 amide bonds. The fourth-order valence-corrected chi connectivity index (χ4v) is 1.91. The van der Waals surface area contributed by atoms with Crippen molar-refractivity contribution in [1.29, 1.82) is 0 Å². The van der Waals surface area contributed by atoms with Crippen LogP contribution in [0.1, 0.15) is 27.2 Å². The molecule has 0 aliphatic heterocycles. The van der Waals surface area contributed by atoms with Crippen molar-refractivity contribution in [3.8, 4) is 0 Å². The van der Waals surface area contributed by atoms with Crippen molar-refractivity contribution < 1.29 is 29.0 Å². The van der Waals surface area contributed by atoms with Crippen molar-refractivity contribution >= 4 is 28.8 Å². The SMILES string of the molecule is CCOC(=O)C(CSC(C)=O)NC(=O)C(CC)O[N+](=O)[O-]. The molecule has 0 aromatic rings. The molecule has 0 rings (SSSR count). The molecule has 0 heterocycles. The van der Waals surface area contributed by atoms with Gasteiger partial charge in [0.25, 0.3) is 5.09 Å². The molecular formula is C11H18N2O7S. The van der Waals surface area contributed by atoms with E-state index in [9.17, 15) is 24.5 Å². The van der Waals surface area contributed by atoms with E-state index in [1.165, 1.54) is 13.8 Å². The van der Waals surface area contributed by atoms with Gasteiger partial charge in [-0.1, -0.05) is 18.7 Å². The normalized spacial score (nSPS) is 12.9. The summed E-state index contributed by atoms with van der Waals surface area (Å²) < 4.78 is 4.78. The van der Waals surface area contributed by atoms with Gasteiger partial charge in [0.2, 0.25) is 5.91 Å². The minimum Gasteiger partial charge on any atom is -0.464 e. The molecule has 10 heteroatoms. The Balaban J connectivity index is 4.75. The number of nitrogens with zero attached hydrogens (tertiary/aromatic N) is 1. The Bertz CT molecular complexity index is 402. The maximum atomic E-state index is 11.8. The fourth-order valence-electron chi connectivity index (χ4n) is 1.29.